The van der Waals surface area contributed by atoms with E-state index in [1.807, 2.05) is 13.0 Å². The topological polar surface area (TPSA) is 77.4 Å². The van der Waals surface area contributed by atoms with Crippen molar-refractivity contribution in [1.82, 2.24) is 4.90 Å². The Hall–Kier alpha value is -2.74. The standard InChI is InChI=1S/C21H24N2O5S/c1-5-10-28-20(25)18-13(3)22-21-23(17(24)9-11-29-21)19(18)14-7-8-15(27-6-2)16(12-14)26-4/h5,7-8,12,19H,1,6,9-11H2,2-4H3/t19-/m1/s1. The van der Waals surface area contributed by atoms with E-state index in [4.69, 9.17) is 14.2 Å². The highest BCUT2D eigenvalue weighted by Gasteiger charge is 2.41. The molecule has 29 heavy (non-hydrogen) atoms. The van der Waals surface area contributed by atoms with Crippen LogP contribution in [-0.2, 0) is 14.3 Å². The second-order valence-corrected chi connectivity index (χ2v) is 7.45. The highest BCUT2D eigenvalue weighted by Crippen LogP contribution is 2.42. The third kappa shape index (κ3) is 4.17. The number of methoxy groups -OCH3 is 1. The van der Waals surface area contributed by atoms with Gasteiger partial charge in [0.15, 0.2) is 16.7 Å². The lowest BCUT2D eigenvalue weighted by Crippen LogP contribution is -2.45. The summed E-state index contributed by atoms with van der Waals surface area (Å²) in [6.45, 7) is 7.80. The van der Waals surface area contributed by atoms with Crippen molar-refractivity contribution in [2.24, 2.45) is 4.99 Å². The maximum atomic E-state index is 12.9. The number of hydrogen-bond acceptors (Lipinski definition) is 7. The van der Waals surface area contributed by atoms with Crippen LogP contribution >= 0.6 is 11.8 Å². The lowest BCUT2D eigenvalue weighted by Gasteiger charge is -2.39. The van der Waals surface area contributed by atoms with Gasteiger partial charge in [-0.2, -0.15) is 0 Å². The third-order valence-corrected chi connectivity index (χ3v) is 5.52. The van der Waals surface area contributed by atoms with E-state index in [1.54, 1.807) is 31.1 Å². The van der Waals surface area contributed by atoms with Crippen molar-refractivity contribution < 1.29 is 23.8 Å². The van der Waals surface area contributed by atoms with Gasteiger partial charge in [0.25, 0.3) is 0 Å². The van der Waals surface area contributed by atoms with Gasteiger partial charge < -0.3 is 14.2 Å². The smallest absolute Gasteiger partial charge is 0.338 e. The Labute approximate surface area is 174 Å². The number of amidine groups is 1. The van der Waals surface area contributed by atoms with E-state index in [0.29, 0.717) is 46.7 Å². The summed E-state index contributed by atoms with van der Waals surface area (Å²) in [5.74, 6) is 1.19. The van der Waals surface area contributed by atoms with Crippen LogP contribution in [0.3, 0.4) is 0 Å². The molecule has 2 aliphatic heterocycles. The zero-order chi connectivity index (χ0) is 21.0. The van der Waals surface area contributed by atoms with E-state index < -0.39 is 12.0 Å². The first-order valence-electron chi connectivity index (χ1n) is 9.34. The number of ether oxygens (including phenoxy) is 3. The number of nitrogens with zero attached hydrogens (tertiary/aromatic N) is 2. The van der Waals surface area contributed by atoms with Crippen LogP contribution in [-0.4, -0.2) is 48.0 Å². The van der Waals surface area contributed by atoms with Gasteiger partial charge in [0.05, 0.1) is 31.0 Å². The Morgan fingerprint density at radius 1 is 1.41 bits per heavy atom. The summed E-state index contributed by atoms with van der Waals surface area (Å²) in [4.78, 5) is 31.8. The molecule has 0 aliphatic carbocycles. The van der Waals surface area contributed by atoms with Gasteiger partial charge in [0.2, 0.25) is 5.91 Å². The predicted molar refractivity (Wildman–Crippen MR) is 112 cm³/mol. The fourth-order valence-corrected chi connectivity index (χ4v) is 4.32. The lowest BCUT2D eigenvalue weighted by atomic mass is 9.94. The SMILES string of the molecule is C=CCOC(=O)C1=C(C)N=C2SCCC(=O)N2[C@@H]1c1ccc(OCC)c(OC)c1. The van der Waals surface area contributed by atoms with Crippen molar-refractivity contribution >= 4 is 28.8 Å². The van der Waals surface area contributed by atoms with Crippen molar-refractivity contribution in [3.8, 4) is 11.5 Å². The molecule has 154 valence electrons. The summed E-state index contributed by atoms with van der Waals surface area (Å²) in [7, 11) is 1.55. The van der Waals surface area contributed by atoms with Gasteiger partial charge in [-0.05, 0) is 31.5 Å². The summed E-state index contributed by atoms with van der Waals surface area (Å²) in [5, 5.41) is 0.594. The fourth-order valence-electron chi connectivity index (χ4n) is 3.31. The molecule has 2 aliphatic rings. The Kier molecular flexibility index (Phi) is 6.64. The second kappa shape index (κ2) is 9.17. The minimum absolute atomic E-state index is 0.0776. The van der Waals surface area contributed by atoms with Crippen LogP contribution in [0.5, 0.6) is 11.5 Å². The normalized spacial score (nSPS) is 18.7. The van der Waals surface area contributed by atoms with Gasteiger partial charge in [0, 0.05) is 12.2 Å². The molecular formula is C21H24N2O5S. The fraction of sp³-hybridized carbons (Fsp3) is 0.381. The lowest BCUT2D eigenvalue weighted by molar-refractivity contribution is -0.139. The predicted octanol–water partition coefficient (Wildman–Crippen LogP) is 3.47. The summed E-state index contributed by atoms with van der Waals surface area (Å²) >= 11 is 1.50. The number of carbonyl (C=O) groups excluding carboxylic acids is 2. The Balaban J connectivity index is 2.12. The minimum atomic E-state index is -0.648. The van der Waals surface area contributed by atoms with E-state index in [9.17, 15) is 9.59 Å². The average Bonchev–Trinajstić information content (AvgIpc) is 2.71. The van der Waals surface area contributed by atoms with Crippen LogP contribution in [0.2, 0.25) is 0 Å². The van der Waals surface area contributed by atoms with E-state index in [-0.39, 0.29) is 12.5 Å². The number of carbonyl (C=O) groups is 2. The van der Waals surface area contributed by atoms with Crippen molar-refractivity contribution in [3.63, 3.8) is 0 Å². The van der Waals surface area contributed by atoms with E-state index in [2.05, 4.69) is 11.6 Å². The average molecular weight is 416 g/mol. The highest BCUT2D eigenvalue weighted by atomic mass is 32.2. The Morgan fingerprint density at radius 3 is 2.90 bits per heavy atom. The summed E-state index contributed by atoms with van der Waals surface area (Å²) in [6.07, 6.45) is 1.88. The molecule has 1 atom stereocenters. The highest BCUT2D eigenvalue weighted by molar-refractivity contribution is 8.14. The third-order valence-electron chi connectivity index (χ3n) is 4.56. The van der Waals surface area contributed by atoms with Crippen LogP contribution < -0.4 is 9.47 Å². The zero-order valence-electron chi connectivity index (χ0n) is 16.8. The molecular weight excluding hydrogens is 392 g/mol. The van der Waals surface area contributed by atoms with Gasteiger partial charge in [-0.25, -0.2) is 9.79 Å². The van der Waals surface area contributed by atoms with Gasteiger partial charge in [-0.3, -0.25) is 9.69 Å². The molecule has 0 spiro atoms. The molecule has 1 saturated heterocycles. The first-order chi connectivity index (χ1) is 14.0. The Morgan fingerprint density at radius 2 is 2.21 bits per heavy atom. The molecule has 1 amide bonds. The molecule has 0 bridgehead atoms. The Bertz CT molecular complexity index is 893. The minimum Gasteiger partial charge on any atom is -0.493 e. The monoisotopic (exact) mass is 416 g/mol. The molecule has 1 fully saturated rings. The molecule has 0 radical (unpaired) electrons. The van der Waals surface area contributed by atoms with Crippen LogP contribution in [0, 0.1) is 0 Å². The maximum Gasteiger partial charge on any atom is 0.338 e. The number of rotatable bonds is 7. The zero-order valence-corrected chi connectivity index (χ0v) is 17.6. The van der Waals surface area contributed by atoms with Crippen molar-refractivity contribution in [2.45, 2.75) is 26.3 Å². The summed E-state index contributed by atoms with van der Waals surface area (Å²) in [5.41, 5.74) is 1.58. The van der Waals surface area contributed by atoms with Crippen molar-refractivity contribution in [1.29, 1.82) is 0 Å². The molecule has 0 unspecified atom stereocenters. The molecule has 0 saturated carbocycles. The van der Waals surface area contributed by atoms with E-state index in [1.165, 1.54) is 17.8 Å². The van der Waals surface area contributed by atoms with Gasteiger partial charge in [-0.1, -0.05) is 30.5 Å². The van der Waals surface area contributed by atoms with Crippen LogP contribution in [0.15, 0.2) is 47.1 Å². The van der Waals surface area contributed by atoms with Crippen molar-refractivity contribution in [3.05, 3.63) is 47.7 Å². The molecule has 8 heteroatoms. The summed E-state index contributed by atoms with van der Waals surface area (Å²) < 4.78 is 16.4. The largest absolute Gasteiger partial charge is 0.493 e. The second-order valence-electron chi connectivity index (χ2n) is 6.39. The number of esters is 1. The van der Waals surface area contributed by atoms with E-state index in [0.717, 1.165) is 5.56 Å². The number of amides is 1. The van der Waals surface area contributed by atoms with Gasteiger partial charge in [-0.15, -0.1) is 0 Å². The first kappa shape index (κ1) is 21.0. The number of benzene rings is 1. The van der Waals surface area contributed by atoms with Crippen LogP contribution in [0.25, 0.3) is 0 Å². The number of aliphatic imine (C=N–C) groups is 1. The van der Waals surface area contributed by atoms with Crippen LogP contribution in [0.1, 0.15) is 31.9 Å². The number of fused-ring (bicyclic) bond motifs is 1. The van der Waals surface area contributed by atoms with Gasteiger partial charge in [0.1, 0.15) is 6.61 Å². The molecule has 7 nitrogen and oxygen atoms in total. The van der Waals surface area contributed by atoms with Gasteiger partial charge >= 0.3 is 5.97 Å². The van der Waals surface area contributed by atoms with E-state index >= 15 is 0 Å². The molecule has 1 aromatic rings. The number of hydrogen-bond donors (Lipinski definition) is 0. The molecule has 1 aromatic carbocycles. The molecule has 2 heterocycles. The molecule has 0 aromatic heterocycles. The number of thioether (sulfide) groups is 1. The van der Waals surface area contributed by atoms with Crippen molar-refractivity contribution in [2.75, 3.05) is 26.1 Å². The first-order valence-corrected chi connectivity index (χ1v) is 10.3. The molecule has 0 N–H and O–H groups in total. The number of allylic oxidation sites excluding steroid dienone is 1. The molecule has 3 rings (SSSR count). The summed E-state index contributed by atoms with van der Waals surface area (Å²) in [6, 6.07) is 4.76. The van der Waals surface area contributed by atoms with Crippen LogP contribution in [0.4, 0.5) is 0 Å². The maximum absolute atomic E-state index is 12.9. The quantitative estimate of drug-likeness (QED) is 0.500.